The molecular weight excluding hydrogens is 284 g/mol. The molecule has 0 heterocycles. The molecule has 0 fully saturated rings. The smallest absolute Gasteiger partial charge is 0.315 e. The van der Waals surface area contributed by atoms with Gasteiger partial charge in [0.2, 0.25) is 11.6 Å². The third kappa shape index (κ3) is 3.58. The molecule has 0 aliphatic carbocycles. The maximum atomic E-state index is 12.4. The Labute approximate surface area is 128 Å². The summed E-state index contributed by atoms with van der Waals surface area (Å²) in [6.07, 6.45) is 0. The molecule has 0 saturated heterocycles. The number of hydrogen-bond donors (Lipinski definition) is 0. The van der Waals surface area contributed by atoms with Gasteiger partial charge in [-0.1, -0.05) is 42.5 Å². The van der Waals surface area contributed by atoms with Crippen LogP contribution in [0.5, 0.6) is 5.75 Å². The van der Waals surface area contributed by atoms with E-state index in [4.69, 9.17) is 14.2 Å². The highest BCUT2D eigenvalue weighted by Crippen LogP contribution is 2.21. The van der Waals surface area contributed by atoms with Gasteiger partial charge < -0.3 is 14.2 Å². The van der Waals surface area contributed by atoms with Crippen molar-refractivity contribution in [1.29, 1.82) is 0 Å². The summed E-state index contributed by atoms with van der Waals surface area (Å²) in [4.78, 5) is 24.7. The summed E-state index contributed by atoms with van der Waals surface area (Å²) >= 11 is 0. The van der Waals surface area contributed by atoms with Crippen molar-refractivity contribution in [1.82, 2.24) is 0 Å². The van der Waals surface area contributed by atoms with E-state index in [0.29, 0.717) is 5.56 Å². The lowest BCUT2D eigenvalue weighted by Gasteiger charge is -2.17. The van der Waals surface area contributed by atoms with Crippen molar-refractivity contribution >= 4 is 11.6 Å². The average molecular weight is 300 g/mol. The van der Waals surface area contributed by atoms with Crippen molar-refractivity contribution in [2.45, 2.75) is 6.48 Å². The number of Topliss-reactive ketones (excluding diaryl/α,β-unsaturated/α-hetero) is 2. The van der Waals surface area contributed by atoms with E-state index < -0.39 is 18.0 Å². The maximum Gasteiger partial charge on any atom is 0.315 e. The highest BCUT2D eigenvalue weighted by atomic mass is 16.8. The first-order valence-corrected chi connectivity index (χ1v) is 6.62. The van der Waals surface area contributed by atoms with Gasteiger partial charge in [0.05, 0.1) is 5.56 Å². The molecule has 0 bridgehead atoms. The number of para-hydroxylation sites is 1. The van der Waals surface area contributed by atoms with Crippen molar-refractivity contribution in [3.63, 3.8) is 0 Å². The van der Waals surface area contributed by atoms with Crippen molar-refractivity contribution in [2.75, 3.05) is 14.2 Å². The van der Waals surface area contributed by atoms with Gasteiger partial charge in [-0.2, -0.15) is 0 Å². The van der Waals surface area contributed by atoms with Crippen LogP contribution in [0, 0.1) is 0 Å². The molecule has 22 heavy (non-hydrogen) atoms. The molecule has 2 aromatic carbocycles. The molecule has 0 spiro atoms. The Morgan fingerprint density at radius 2 is 1.41 bits per heavy atom. The first-order valence-electron chi connectivity index (χ1n) is 6.62. The lowest BCUT2D eigenvalue weighted by molar-refractivity contribution is -0.219. The highest BCUT2D eigenvalue weighted by Gasteiger charge is 2.22. The number of rotatable bonds is 7. The summed E-state index contributed by atoms with van der Waals surface area (Å²) in [5, 5.41) is 0. The van der Waals surface area contributed by atoms with Crippen molar-refractivity contribution in [3.8, 4) is 5.75 Å². The predicted octanol–water partition coefficient (Wildman–Crippen LogP) is 2.71. The second-order valence-corrected chi connectivity index (χ2v) is 4.40. The molecule has 0 aliphatic heterocycles. The molecule has 114 valence electrons. The molecule has 0 aromatic heterocycles. The molecule has 5 nitrogen and oxygen atoms in total. The van der Waals surface area contributed by atoms with Crippen LogP contribution in [0.3, 0.4) is 0 Å². The standard InChI is InChI=1S/C17H16O5/c1-20-17(21-2)22-14-11-7-6-10-13(14)16(19)15(18)12-8-4-3-5-9-12/h3-11,17H,1-2H3. The van der Waals surface area contributed by atoms with Gasteiger partial charge in [-0.3, -0.25) is 9.59 Å². The van der Waals surface area contributed by atoms with Gasteiger partial charge >= 0.3 is 6.48 Å². The Morgan fingerprint density at radius 3 is 2.05 bits per heavy atom. The Hall–Kier alpha value is -2.50. The summed E-state index contributed by atoms with van der Waals surface area (Å²) in [6.45, 7) is -0.958. The van der Waals surface area contributed by atoms with Crippen LogP contribution in [0.15, 0.2) is 54.6 Å². The van der Waals surface area contributed by atoms with Crippen molar-refractivity contribution in [3.05, 3.63) is 65.7 Å². The number of ether oxygens (including phenoxy) is 3. The van der Waals surface area contributed by atoms with E-state index in [0.717, 1.165) is 0 Å². The molecule has 2 aromatic rings. The number of methoxy groups -OCH3 is 2. The molecule has 2 rings (SSSR count). The minimum atomic E-state index is -0.958. The van der Waals surface area contributed by atoms with Gasteiger partial charge in [0.25, 0.3) is 0 Å². The van der Waals surface area contributed by atoms with E-state index >= 15 is 0 Å². The Balaban J connectivity index is 2.28. The lowest BCUT2D eigenvalue weighted by Crippen LogP contribution is -2.23. The number of benzene rings is 2. The molecule has 0 unspecified atom stereocenters. The fraction of sp³-hybridized carbons (Fsp3) is 0.176. The first-order chi connectivity index (χ1) is 10.7. The minimum absolute atomic E-state index is 0.162. The molecule has 0 saturated carbocycles. The zero-order chi connectivity index (χ0) is 15.9. The number of carbonyl (C=O) groups is 2. The van der Waals surface area contributed by atoms with Crippen LogP contribution in [-0.2, 0) is 9.47 Å². The first kappa shape index (κ1) is 15.9. The van der Waals surface area contributed by atoms with E-state index in [1.807, 2.05) is 0 Å². The molecule has 0 atom stereocenters. The summed E-state index contributed by atoms with van der Waals surface area (Å²) in [6, 6.07) is 14.8. The van der Waals surface area contributed by atoms with Crippen LogP contribution < -0.4 is 4.74 Å². The Bertz CT molecular complexity index is 647. The van der Waals surface area contributed by atoms with E-state index in [1.165, 1.54) is 20.3 Å². The monoisotopic (exact) mass is 300 g/mol. The molecule has 0 amide bonds. The van der Waals surface area contributed by atoms with Crippen LogP contribution in [0.4, 0.5) is 0 Å². The highest BCUT2D eigenvalue weighted by molar-refractivity contribution is 6.49. The minimum Gasteiger partial charge on any atom is -0.440 e. The largest absolute Gasteiger partial charge is 0.440 e. The fourth-order valence-corrected chi connectivity index (χ4v) is 1.90. The van der Waals surface area contributed by atoms with Crippen LogP contribution in [0.25, 0.3) is 0 Å². The van der Waals surface area contributed by atoms with Gasteiger partial charge in [-0.05, 0) is 12.1 Å². The molecule has 0 aliphatic rings. The van der Waals surface area contributed by atoms with Crippen molar-refractivity contribution < 1.29 is 23.8 Å². The third-order valence-electron chi connectivity index (χ3n) is 2.98. The average Bonchev–Trinajstić information content (AvgIpc) is 2.59. The van der Waals surface area contributed by atoms with E-state index in [1.54, 1.807) is 48.5 Å². The summed E-state index contributed by atoms with van der Waals surface area (Å²) < 4.78 is 15.3. The summed E-state index contributed by atoms with van der Waals surface area (Å²) in [5.41, 5.74) is 0.493. The van der Waals surface area contributed by atoms with Gasteiger partial charge in [-0.15, -0.1) is 0 Å². The number of carbonyl (C=O) groups excluding carboxylic acids is 2. The summed E-state index contributed by atoms with van der Waals surface area (Å²) in [5.74, 6) is -1.01. The molecular formula is C17H16O5. The molecule has 5 heteroatoms. The van der Waals surface area contributed by atoms with Crippen molar-refractivity contribution in [2.24, 2.45) is 0 Å². The van der Waals surface area contributed by atoms with E-state index in [2.05, 4.69) is 0 Å². The lowest BCUT2D eigenvalue weighted by atomic mass is 10.0. The van der Waals surface area contributed by atoms with E-state index in [9.17, 15) is 9.59 Å². The van der Waals surface area contributed by atoms with Crippen LogP contribution in [0.1, 0.15) is 20.7 Å². The van der Waals surface area contributed by atoms with Crippen LogP contribution in [0.2, 0.25) is 0 Å². The predicted molar refractivity (Wildman–Crippen MR) is 80.0 cm³/mol. The van der Waals surface area contributed by atoms with Gasteiger partial charge in [0, 0.05) is 19.8 Å². The Morgan fingerprint density at radius 1 is 0.818 bits per heavy atom. The Kier molecular flexibility index (Phi) is 5.41. The maximum absolute atomic E-state index is 12.4. The second-order valence-electron chi connectivity index (χ2n) is 4.40. The SMILES string of the molecule is COC(OC)Oc1ccccc1C(=O)C(=O)c1ccccc1. The second kappa shape index (κ2) is 7.49. The molecule has 0 N–H and O–H groups in total. The zero-order valence-corrected chi connectivity index (χ0v) is 12.3. The topological polar surface area (TPSA) is 61.8 Å². The fourth-order valence-electron chi connectivity index (χ4n) is 1.90. The van der Waals surface area contributed by atoms with E-state index in [-0.39, 0.29) is 11.3 Å². The van der Waals surface area contributed by atoms with Crippen LogP contribution in [-0.4, -0.2) is 32.3 Å². The van der Waals surface area contributed by atoms with Gasteiger partial charge in [-0.25, -0.2) is 0 Å². The number of ketones is 2. The van der Waals surface area contributed by atoms with Gasteiger partial charge in [0.15, 0.2) is 0 Å². The number of hydrogen-bond acceptors (Lipinski definition) is 5. The third-order valence-corrected chi connectivity index (χ3v) is 2.98. The van der Waals surface area contributed by atoms with Gasteiger partial charge in [0.1, 0.15) is 5.75 Å². The van der Waals surface area contributed by atoms with Crippen LogP contribution >= 0.6 is 0 Å². The summed E-state index contributed by atoms with van der Waals surface area (Å²) in [7, 11) is 2.82. The quantitative estimate of drug-likeness (QED) is 0.447. The zero-order valence-electron chi connectivity index (χ0n) is 12.3. The normalized spacial score (nSPS) is 10.5. The molecule has 0 radical (unpaired) electrons.